The number of nitrogens with zero attached hydrogens (tertiary/aromatic N) is 3. The lowest BCUT2D eigenvalue weighted by Gasteiger charge is -2.41. The number of anilines is 1. The first-order valence-electron chi connectivity index (χ1n) is 17.1. The number of phenols is 1. The van der Waals surface area contributed by atoms with E-state index < -0.39 is 17.9 Å². The zero-order chi connectivity index (χ0) is 35.4. The number of phenolic OH excluding ortho intramolecular Hbond substituents is 1. The molecule has 2 aromatic heterocycles. The van der Waals surface area contributed by atoms with Gasteiger partial charge in [-0.25, -0.2) is 4.98 Å². The molecule has 8 rings (SSSR count). The van der Waals surface area contributed by atoms with Gasteiger partial charge in [-0.1, -0.05) is 56.0 Å². The van der Waals surface area contributed by atoms with Crippen LogP contribution in [-0.4, -0.2) is 37.9 Å². The number of benzene rings is 3. The Hall–Kier alpha value is -5.76. The monoisotopic (exact) mass is 681 g/mol. The highest BCUT2D eigenvalue weighted by molar-refractivity contribution is 5.96. The lowest BCUT2D eigenvalue weighted by molar-refractivity contribution is -0.250. The third-order valence-electron chi connectivity index (χ3n) is 10.3. The van der Waals surface area contributed by atoms with Crippen molar-refractivity contribution in [2.45, 2.75) is 71.1 Å². The van der Waals surface area contributed by atoms with Crippen molar-refractivity contribution >= 4 is 28.5 Å². The Labute approximate surface area is 293 Å². The molecular formula is C41H35N3O7. The minimum absolute atomic E-state index is 0.107. The molecule has 0 spiro atoms. The molecule has 5 aromatic rings. The van der Waals surface area contributed by atoms with Crippen LogP contribution in [0.4, 0.5) is 5.69 Å². The van der Waals surface area contributed by atoms with Crippen molar-refractivity contribution in [2.75, 3.05) is 4.90 Å². The molecule has 0 aliphatic carbocycles. The topological polar surface area (TPSA) is 131 Å². The van der Waals surface area contributed by atoms with E-state index >= 15 is 0 Å². The molecule has 10 heteroatoms. The number of pyridine rings is 2. The minimum atomic E-state index is -1.69. The highest BCUT2D eigenvalue weighted by atomic mass is 16.7. The van der Waals surface area contributed by atoms with Crippen molar-refractivity contribution in [2.24, 2.45) is 0 Å². The Balaban J connectivity index is 1.10. The number of aryl methyl sites for hydroxylation is 1. The SMILES string of the molecule is CCc1c2c(nc3ccc(O)cc13)-c1cc3c(c(=O)n1C2)COC(O)[C@@]3(CC)OC(=O)CCC(=O)N1Cc2ccccc2C#Cc2ccccc21. The number of aliphatic hydroxyl groups is 1. The molecule has 3 aromatic carbocycles. The zero-order valence-electron chi connectivity index (χ0n) is 28.2. The van der Waals surface area contributed by atoms with Gasteiger partial charge in [-0.15, -0.1) is 0 Å². The number of aliphatic hydroxyl groups excluding tert-OH is 1. The molecule has 1 unspecified atom stereocenters. The molecule has 0 saturated carbocycles. The maximum absolute atomic E-state index is 14.1. The number of fused-ring (bicyclic) bond motifs is 7. The molecule has 51 heavy (non-hydrogen) atoms. The van der Waals surface area contributed by atoms with Crippen LogP contribution in [-0.2, 0) is 50.8 Å². The Morgan fingerprint density at radius 1 is 0.980 bits per heavy atom. The van der Waals surface area contributed by atoms with Gasteiger partial charge in [-0.3, -0.25) is 14.4 Å². The molecule has 5 heterocycles. The van der Waals surface area contributed by atoms with Crippen LogP contribution in [0.15, 0.2) is 77.6 Å². The van der Waals surface area contributed by atoms with Gasteiger partial charge in [0.25, 0.3) is 5.56 Å². The number of aromatic nitrogens is 2. The summed E-state index contributed by atoms with van der Waals surface area (Å²) >= 11 is 0. The molecule has 1 amide bonds. The van der Waals surface area contributed by atoms with E-state index in [9.17, 15) is 24.6 Å². The maximum atomic E-state index is 14.1. The van der Waals surface area contributed by atoms with Gasteiger partial charge in [-0.2, -0.15) is 0 Å². The Morgan fingerprint density at radius 2 is 1.75 bits per heavy atom. The molecule has 256 valence electrons. The second kappa shape index (κ2) is 12.5. The summed E-state index contributed by atoms with van der Waals surface area (Å²) in [6, 6.07) is 21.9. The molecule has 0 saturated heterocycles. The second-order valence-corrected chi connectivity index (χ2v) is 13.1. The molecule has 0 bridgehead atoms. The van der Waals surface area contributed by atoms with E-state index in [0.29, 0.717) is 45.7 Å². The summed E-state index contributed by atoms with van der Waals surface area (Å²) in [6.45, 7) is 4.19. The average Bonchev–Trinajstić information content (AvgIpc) is 3.50. The Bertz CT molecular complexity index is 2410. The zero-order valence-corrected chi connectivity index (χ0v) is 28.2. The predicted octanol–water partition coefficient (Wildman–Crippen LogP) is 5.42. The molecule has 3 aliphatic rings. The van der Waals surface area contributed by atoms with E-state index in [0.717, 1.165) is 27.6 Å². The normalized spacial score (nSPS) is 18.3. The van der Waals surface area contributed by atoms with Crippen LogP contribution < -0.4 is 10.5 Å². The van der Waals surface area contributed by atoms with E-state index in [1.807, 2.05) is 55.5 Å². The number of esters is 1. The Kier molecular flexibility index (Phi) is 7.97. The summed E-state index contributed by atoms with van der Waals surface area (Å²) in [6.07, 6.45) is -1.20. The lowest BCUT2D eigenvalue weighted by atomic mass is 9.84. The number of ether oxygens (including phenoxy) is 2. The molecule has 2 atom stereocenters. The summed E-state index contributed by atoms with van der Waals surface area (Å²) in [5, 5.41) is 22.3. The largest absolute Gasteiger partial charge is 0.508 e. The number of carbonyl (C=O) groups excluding carboxylic acids is 2. The number of amides is 1. The molecule has 0 fully saturated rings. The third-order valence-corrected chi connectivity index (χ3v) is 10.3. The fourth-order valence-electron chi connectivity index (χ4n) is 7.64. The van der Waals surface area contributed by atoms with E-state index in [-0.39, 0.29) is 56.2 Å². The molecule has 0 radical (unpaired) electrons. The highest BCUT2D eigenvalue weighted by Crippen LogP contribution is 2.44. The van der Waals surface area contributed by atoms with Gasteiger partial charge < -0.3 is 29.2 Å². The minimum Gasteiger partial charge on any atom is -0.508 e. The second-order valence-electron chi connectivity index (χ2n) is 13.1. The number of aromatic hydroxyl groups is 1. The summed E-state index contributed by atoms with van der Waals surface area (Å²) in [7, 11) is 0. The van der Waals surface area contributed by atoms with Crippen LogP contribution in [0.3, 0.4) is 0 Å². The summed E-state index contributed by atoms with van der Waals surface area (Å²) in [5.41, 5.74) is 5.48. The van der Waals surface area contributed by atoms with Gasteiger partial charge in [0.15, 0.2) is 11.9 Å². The van der Waals surface area contributed by atoms with Crippen LogP contribution in [0.5, 0.6) is 5.75 Å². The predicted molar refractivity (Wildman–Crippen MR) is 190 cm³/mol. The number of para-hydroxylation sites is 1. The van der Waals surface area contributed by atoms with Crippen molar-refractivity contribution in [3.63, 3.8) is 0 Å². The molecule has 3 aliphatic heterocycles. The number of rotatable bonds is 6. The summed E-state index contributed by atoms with van der Waals surface area (Å²) in [4.78, 5) is 48.1. The van der Waals surface area contributed by atoms with Crippen molar-refractivity contribution in [3.8, 4) is 29.0 Å². The van der Waals surface area contributed by atoms with Crippen LogP contribution in [0, 0.1) is 11.8 Å². The van der Waals surface area contributed by atoms with E-state index in [2.05, 4.69) is 11.8 Å². The summed E-state index contributed by atoms with van der Waals surface area (Å²) in [5.74, 6) is 5.53. The smallest absolute Gasteiger partial charge is 0.307 e. The highest BCUT2D eigenvalue weighted by Gasteiger charge is 2.49. The van der Waals surface area contributed by atoms with Gasteiger partial charge in [0.2, 0.25) is 5.91 Å². The van der Waals surface area contributed by atoms with Crippen molar-refractivity contribution < 1.29 is 29.3 Å². The fourth-order valence-corrected chi connectivity index (χ4v) is 7.64. The first-order valence-corrected chi connectivity index (χ1v) is 17.1. The van der Waals surface area contributed by atoms with Crippen LogP contribution in [0.25, 0.3) is 22.3 Å². The van der Waals surface area contributed by atoms with Crippen LogP contribution >= 0.6 is 0 Å². The van der Waals surface area contributed by atoms with Gasteiger partial charge in [0, 0.05) is 34.1 Å². The lowest BCUT2D eigenvalue weighted by Crippen LogP contribution is -2.50. The Morgan fingerprint density at radius 3 is 2.55 bits per heavy atom. The van der Waals surface area contributed by atoms with Gasteiger partial charge in [0.05, 0.1) is 54.3 Å². The average molecular weight is 682 g/mol. The number of hydrogen-bond acceptors (Lipinski definition) is 8. The van der Waals surface area contributed by atoms with Crippen molar-refractivity contribution in [1.82, 2.24) is 9.55 Å². The van der Waals surface area contributed by atoms with E-state index in [1.165, 1.54) is 0 Å². The molecule has 10 nitrogen and oxygen atoms in total. The van der Waals surface area contributed by atoms with Crippen LogP contribution in [0.2, 0.25) is 0 Å². The fraction of sp³-hybridized carbons (Fsp3) is 0.268. The first kappa shape index (κ1) is 32.4. The standard InChI is InChI=1S/C41H35N3O7/c1-3-28-29-19-27(45)15-16-33(29)42-38-30(28)22-44-35(38)20-32-31(39(44)48)23-50-40(49)41(32,4-2)51-37(47)18-17-36(46)43-21-26-11-6-5-9-24(26)13-14-25-10-7-8-12-34(25)43/h5-12,15-16,19-20,40,45,49H,3-4,17-18,21-23H2,1-2H3/t40?,41-/m0/s1. The maximum Gasteiger partial charge on any atom is 0.307 e. The number of carbonyl (C=O) groups is 2. The third kappa shape index (κ3) is 5.28. The number of hydrogen-bond donors (Lipinski definition) is 2. The van der Waals surface area contributed by atoms with E-state index in [1.54, 1.807) is 40.7 Å². The molecular weight excluding hydrogens is 646 g/mol. The summed E-state index contributed by atoms with van der Waals surface area (Å²) < 4.78 is 13.4. The van der Waals surface area contributed by atoms with Gasteiger partial charge in [0.1, 0.15) is 5.75 Å². The van der Waals surface area contributed by atoms with Gasteiger partial charge in [-0.05, 0) is 66.4 Å². The van der Waals surface area contributed by atoms with Gasteiger partial charge >= 0.3 is 5.97 Å². The molecule has 2 N–H and O–H groups in total. The first-order chi connectivity index (χ1) is 24.7. The van der Waals surface area contributed by atoms with Crippen molar-refractivity contribution in [3.05, 3.63) is 122 Å². The van der Waals surface area contributed by atoms with Crippen LogP contribution in [0.1, 0.15) is 72.1 Å². The quantitative estimate of drug-likeness (QED) is 0.176. The van der Waals surface area contributed by atoms with Crippen molar-refractivity contribution in [1.29, 1.82) is 0 Å². The van der Waals surface area contributed by atoms with E-state index in [4.69, 9.17) is 14.5 Å².